The van der Waals surface area contributed by atoms with Gasteiger partial charge in [-0.25, -0.2) is 8.42 Å². The second-order valence-electron chi connectivity index (χ2n) is 5.06. The third-order valence-electron chi connectivity index (χ3n) is 3.22. The number of nitrogens with one attached hydrogen (secondary N) is 3. The summed E-state index contributed by atoms with van der Waals surface area (Å²) in [7, 11) is -3.56. The molecule has 0 fully saturated rings. The van der Waals surface area contributed by atoms with E-state index in [1.54, 1.807) is 12.1 Å². The lowest BCUT2D eigenvalue weighted by Crippen LogP contribution is -2.13. The largest absolute Gasteiger partial charge is 0.363 e. The van der Waals surface area contributed by atoms with Crippen molar-refractivity contribution in [2.45, 2.75) is 32.2 Å². The van der Waals surface area contributed by atoms with Crippen molar-refractivity contribution in [2.24, 2.45) is 0 Å². The molecular formula is C15H21N3O2S. The highest BCUT2D eigenvalue weighted by atomic mass is 32.2. The standard InChI is InChI=1S/C15H21N3O2S/c1-4-16-9-13-8-14(10-17-13)21(19,20)18-15-6-5-11(2)7-12(15)3/h5-8,10,16-18H,4,9H2,1-3H3. The van der Waals surface area contributed by atoms with Crippen LogP contribution in [0.3, 0.4) is 0 Å². The molecule has 0 radical (unpaired) electrons. The zero-order chi connectivity index (χ0) is 15.5. The maximum atomic E-state index is 12.4. The zero-order valence-corrected chi connectivity index (χ0v) is 13.3. The average molecular weight is 307 g/mol. The van der Waals surface area contributed by atoms with Crippen LogP contribution in [0.15, 0.2) is 35.4 Å². The number of hydrogen-bond donors (Lipinski definition) is 3. The number of anilines is 1. The van der Waals surface area contributed by atoms with Crippen LogP contribution in [0.2, 0.25) is 0 Å². The van der Waals surface area contributed by atoms with Gasteiger partial charge in [-0.3, -0.25) is 4.72 Å². The van der Waals surface area contributed by atoms with Gasteiger partial charge in [0.05, 0.1) is 5.69 Å². The maximum Gasteiger partial charge on any atom is 0.263 e. The Kier molecular flexibility index (Phi) is 4.69. The van der Waals surface area contributed by atoms with E-state index in [0.29, 0.717) is 12.2 Å². The van der Waals surface area contributed by atoms with Crippen LogP contribution < -0.4 is 10.0 Å². The average Bonchev–Trinajstić information content (AvgIpc) is 2.89. The van der Waals surface area contributed by atoms with Gasteiger partial charge in [-0.1, -0.05) is 24.6 Å². The fourth-order valence-electron chi connectivity index (χ4n) is 2.07. The normalized spacial score (nSPS) is 11.6. The van der Waals surface area contributed by atoms with Crippen molar-refractivity contribution >= 4 is 15.7 Å². The SMILES string of the molecule is CCNCc1cc(S(=O)(=O)Nc2ccc(C)cc2C)c[nH]1. The minimum atomic E-state index is -3.56. The molecule has 0 aliphatic heterocycles. The summed E-state index contributed by atoms with van der Waals surface area (Å²) in [6, 6.07) is 7.27. The van der Waals surface area contributed by atoms with Gasteiger partial charge in [-0.15, -0.1) is 0 Å². The number of aromatic nitrogens is 1. The molecule has 2 rings (SSSR count). The van der Waals surface area contributed by atoms with Crippen molar-refractivity contribution < 1.29 is 8.42 Å². The summed E-state index contributed by atoms with van der Waals surface area (Å²) in [5, 5.41) is 3.15. The van der Waals surface area contributed by atoms with Gasteiger partial charge >= 0.3 is 0 Å². The van der Waals surface area contributed by atoms with Crippen LogP contribution in [0.4, 0.5) is 5.69 Å². The molecular weight excluding hydrogens is 286 g/mol. The molecule has 0 spiro atoms. The molecule has 1 aromatic carbocycles. The summed E-state index contributed by atoms with van der Waals surface area (Å²) in [6.45, 7) is 7.32. The molecule has 0 atom stereocenters. The van der Waals surface area contributed by atoms with Crippen molar-refractivity contribution in [2.75, 3.05) is 11.3 Å². The number of H-pyrrole nitrogens is 1. The fraction of sp³-hybridized carbons (Fsp3) is 0.333. The van der Waals surface area contributed by atoms with Crippen molar-refractivity contribution in [3.05, 3.63) is 47.3 Å². The summed E-state index contributed by atoms with van der Waals surface area (Å²) in [5.74, 6) is 0. The van der Waals surface area contributed by atoms with Gasteiger partial charge < -0.3 is 10.3 Å². The lowest BCUT2D eigenvalue weighted by molar-refractivity contribution is 0.601. The van der Waals surface area contributed by atoms with Gasteiger partial charge in [0, 0.05) is 18.4 Å². The van der Waals surface area contributed by atoms with E-state index in [9.17, 15) is 8.42 Å². The van der Waals surface area contributed by atoms with E-state index in [4.69, 9.17) is 0 Å². The third-order valence-corrected chi connectivity index (χ3v) is 4.56. The molecule has 114 valence electrons. The second-order valence-corrected chi connectivity index (χ2v) is 6.75. The van der Waals surface area contributed by atoms with Gasteiger partial charge in [0.1, 0.15) is 4.90 Å². The number of rotatable bonds is 6. The van der Waals surface area contributed by atoms with E-state index in [1.807, 2.05) is 32.9 Å². The molecule has 0 amide bonds. The Hall–Kier alpha value is -1.79. The zero-order valence-electron chi connectivity index (χ0n) is 12.5. The molecule has 0 unspecified atom stereocenters. The first-order chi connectivity index (χ1) is 9.92. The topological polar surface area (TPSA) is 74.0 Å². The minimum absolute atomic E-state index is 0.246. The molecule has 5 nitrogen and oxygen atoms in total. The number of benzene rings is 1. The van der Waals surface area contributed by atoms with Crippen LogP contribution in [0.1, 0.15) is 23.7 Å². The lowest BCUT2D eigenvalue weighted by atomic mass is 10.1. The first-order valence-corrected chi connectivity index (χ1v) is 8.39. The molecule has 0 aliphatic carbocycles. The van der Waals surface area contributed by atoms with Gasteiger partial charge in [-0.2, -0.15) is 0 Å². The van der Waals surface area contributed by atoms with E-state index in [0.717, 1.165) is 23.4 Å². The molecule has 0 aliphatic rings. The Labute approximate surface area is 125 Å². The summed E-state index contributed by atoms with van der Waals surface area (Å²) in [4.78, 5) is 3.22. The van der Waals surface area contributed by atoms with Crippen molar-refractivity contribution in [3.63, 3.8) is 0 Å². The monoisotopic (exact) mass is 307 g/mol. The highest BCUT2D eigenvalue weighted by Crippen LogP contribution is 2.21. The number of aryl methyl sites for hydroxylation is 2. The molecule has 1 aromatic heterocycles. The van der Waals surface area contributed by atoms with E-state index in [1.165, 1.54) is 6.20 Å². The Morgan fingerprint density at radius 1 is 1.19 bits per heavy atom. The Morgan fingerprint density at radius 3 is 2.62 bits per heavy atom. The van der Waals surface area contributed by atoms with E-state index in [2.05, 4.69) is 15.0 Å². The Morgan fingerprint density at radius 2 is 1.95 bits per heavy atom. The maximum absolute atomic E-state index is 12.4. The summed E-state index contributed by atoms with van der Waals surface area (Å²) in [5.41, 5.74) is 3.46. The van der Waals surface area contributed by atoms with Crippen molar-refractivity contribution in [3.8, 4) is 0 Å². The Bertz CT molecular complexity index is 720. The molecule has 2 aromatic rings. The summed E-state index contributed by atoms with van der Waals surface area (Å²) < 4.78 is 27.4. The van der Waals surface area contributed by atoms with Crippen molar-refractivity contribution in [1.29, 1.82) is 0 Å². The third kappa shape index (κ3) is 3.86. The van der Waals surface area contributed by atoms with Gasteiger partial charge in [0.2, 0.25) is 0 Å². The van der Waals surface area contributed by atoms with Crippen LogP contribution >= 0.6 is 0 Å². The predicted molar refractivity (Wildman–Crippen MR) is 84.9 cm³/mol. The predicted octanol–water partition coefficient (Wildman–Crippen LogP) is 2.54. The van der Waals surface area contributed by atoms with Crippen LogP contribution in [-0.4, -0.2) is 19.9 Å². The summed E-state index contributed by atoms with van der Waals surface area (Å²) in [6.07, 6.45) is 1.51. The van der Waals surface area contributed by atoms with Crippen LogP contribution in [0, 0.1) is 13.8 Å². The molecule has 3 N–H and O–H groups in total. The first-order valence-electron chi connectivity index (χ1n) is 6.90. The fourth-order valence-corrected chi connectivity index (χ4v) is 3.22. The summed E-state index contributed by atoms with van der Waals surface area (Å²) >= 11 is 0. The van der Waals surface area contributed by atoms with E-state index in [-0.39, 0.29) is 4.90 Å². The lowest BCUT2D eigenvalue weighted by Gasteiger charge is -2.10. The number of aromatic amines is 1. The molecule has 1 heterocycles. The number of hydrogen-bond acceptors (Lipinski definition) is 3. The van der Waals surface area contributed by atoms with Crippen LogP contribution in [-0.2, 0) is 16.6 Å². The highest BCUT2D eigenvalue weighted by molar-refractivity contribution is 7.92. The molecule has 0 bridgehead atoms. The second kappa shape index (κ2) is 6.32. The van der Waals surface area contributed by atoms with Crippen LogP contribution in [0.25, 0.3) is 0 Å². The highest BCUT2D eigenvalue weighted by Gasteiger charge is 2.17. The number of sulfonamides is 1. The first kappa shape index (κ1) is 15.6. The smallest absolute Gasteiger partial charge is 0.263 e. The molecule has 6 heteroatoms. The van der Waals surface area contributed by atoms with Crippen molar-refractivity contribution in [1.82, 2.24) is 10.3 Å². The van der Waals surface area contributed by atoms with Gasteiger partial charge in [0.25, 0.3) is 10.0 Å². The van der Waals surface area contributed by atoms with E-state index < -0.39 is 10.0 Å². The van der Waals surface area contributed by atoms with Gasteiger partial charge in [0.15, 0.2) is 0 Å². The van der Waals surface area contributed by atoms with Gasteiger partial charge in [-0.05, 0) is 38.1 Å². The molecule has 0 saturated heterocycles. The quantitative estimate of drug-likeness (QED) is 0.768. The minimum Gasteiger partial charge on any atom is -0.363 e. The molecule has 0 saturated carbocycles. The molecule has 21 heavy (non-hydrogen) atoms. The Balaban J connectivity index is 2.19. The van der Waals surface area contributed by atoms with E-state index >= 15 is 0 Å². The van der Waals surface area contributed by atoms with Crippen LogP contribution in [0.5, 0.6) is 0 Å².